The van der Waals surface area contributed by atoms with Gasteiger partial charge >= 0.3 is 0 Å². The number of carbonyl (C=O) groups excluding carboxylic acids is 1. The van der Waals surface area contributed by atoms with E-state index in [-0.39, 0.29) is 11.7 Å². The maximum Gasteiger partial charge on any atom is 0.241 e. The molecule has 0 spiro atoms. The van der Waals surface area contributed by atoms with Crippen molar-refractivity contribution in [3.8, 4) is 0 Å². The highest BCUT2D eigenvalue weighted by Gasteiger charge is 2.13. The second-order valence-corrected chi connectivity index (χ2v) is 4.26. The molecule has 0 aromatic heterocycles. The van der Waals surface area contributed by atoms with Crippen LogP contribution >= 0.6 is 0 Å². The Balaban J connectivity index is 2.61. The summed E-state index contributed by atoms with van der Waals surface area (Å²) < 4.78 is 13.1. The van der Waals surface area contributed by atoms with E-state index in [9.17, 15) is 9.18 Å². The molecule has 3 N–H and O–H groups in total. The maximum absolute atomic E-state index is 13.1. The van der Waals surface area contributed by atoms with Gasteiger partial charge in [-0.25, -0.2) is 4.39 Å². The van der Waals surface area contributed by atoms with E-state index in [2.05, 4.69) is 5.32 Å². The first-order valence-corrected chi connectivity index (χ1v) is 5.86. The number of benzene rings is 1. The van der Waals surface area contributed by atoms with Crippen LogP contribution in [-0.4, -0.2) is 11.9 Å². The van der Waals surface area contributed by atoms with Gasteiger partial charge < -0.3 is 11.1 Å². The third kappa shape index (κ3) is 4.53. The number of unbranched alkanes of at least 4 members (excludes halogenated alkanes) is 1. The Morgan fingerprint density at radius 3 is 2.76 bits per heavy atom. The molecule has 1 rings (SSSR count). The third-order valence-corrected chi connectivity index (χ3v) is 2.52. The van der Waals surface area contributed by atoms with E-state index in [1.165, 1.54) is 12.1 Å². The molecule has 0 saturated heterocycles. The molecule has 4 heteroatoms. The Morgan fingerprint density at radius 2 is 2.18 bits per heavy atom. The molecule has 17 heavy (non-hydrogen) atoms. The molecule has 0 fully saturated rings. The summed E-state index contributed by atoms with van der Waals surface area (Å²) in [6.07, 6.45) is 2.56. The summed E-state index contributed by atoms with van der Waals surface area (Å²) in [5.74, 6) is -0.620. The van der Waals surface area contributed by atoms with Gasteiger partial charge in [0.05, 0.1) is 6.04 Å². The smallest absolute Gasteiger partial charge is 0.241 e. The lowest BCUT2D eigenvalue weighted by atomic mass is 10.1. The number of hydrogen-bond acceptors (Lipinski definition) is 2. The van der Waals surface area contributed by atoms with Crippen molar-refractivity contribution in [2.75, 3.05) is 5.32 Å². The number of carbonyl (C=O) groups is 1. The van der Waals surface area contributed by atoms with Crippen molar-refractivity contribution in [1.29, 1.82) is 0 Å². The Morgan fingerprint density at radius 1 is 1.47 bits per heavy atom. The Hall–Kier alpha value is -1.42. The summed E-state index contributed by atoms with van der Waals surface area (Å²) >= 11 is 0. The van der Waals surface area contributed by atoms with Gasteiger partial charge in [-0.2, -0.15) is 0 Å². The molecule has 0 radical (unpaired) electrons. The van der Waals surface area contributed by atoms with E-state index in [4.69, 9.17) is 5.73 Å². The maximum atomic E-state index is 13.1. The second-order valence-electron chi connectivity index (χ2n) is 4.26. The van der Waals surface area contributed by atoms with Crippen LogP contribution in [0.3, 0.4) is 0 Å². The van der Waals surface area contributed by atoms with Crippen molar-refractivity contribution in [1.82, 2.24) is 0 Å². The molecule has 0 aliphatic heterocycles. The van der Waals surface area contributed by atoms with Crippen LogP contribution in [0.15, 0.2) is 18.2 Å². The summed E-state index contributed by atoms with van der Waals surface area (Å²) in [7, 11) is 0. The van der Waals surface area contributed by atoms with Crippen LogP contribution in [0, 0.1) is 12.7 Å². The lowest BCUT2D eigenvalue weighted by Gasteiger charge is -2.12. The Labute approximate surface area is 101 Å². The molecule has 0 bridgehead atoms. The fraction of sp³-hybridized carbons (Fsp3) is 0.462. The number of anilines is 1. The number of aryl methyl sites for hydroxylation is 1. The number of amides is 1. The van der Waals surface area contributed by atoms with Crippen molar-refractivity contribution >= 4 is 11.6 Å². The van der Waals surface area contributed by atoms with Crippen molar-refractivity contribution in [2.45, 2.75) is 39.2 Å². The molecule has 94 valence electrons. The molecule has 1 aromatic carbocycles. The third-order valence-electron chi connectivity index (χ3n) is 2.52. The van der Waals surface area contributed by atoms with E-state index >= 15 is 0 Å². The Kier molecular flexibility index (Phi) is 5.10. The summed E-state index contributed by atoms with van der Waals surface area (Å²) in [4.78, 5) is 11.7. The summed E-state index contributed by atoms with van der Waals surface area (Å²) in [6, 6.07) is 3.89. The van der Waals surface area contributed by atoms with E-state index in [1.807, 2.05) is 6.92 Å². The summed E-state index contributed by atoms with van der Waals surface area (Å²) in [5.41, 5.74) is 6.95. The standard InChI is InChI=1S/C13H19FN2O/c1-3-4-5-12(15)13(17)16-11-7-9(2)6-10(14)8-11/h6-8,12H,3-5,15H2,1-2H3,(H,16,17)/t12-/m0/s1. The average Bonchev–Trinajstić information content (AvgIpc) is 2.24. The van der Waals surface area contributed by atoms with Gasteiger partial charge in [-0.15, -0.1) is 0 Å². The molecule has 0 aliphatic carbocycles. The number of rotatable bonds is 5. The summed E-state index contributed by atoms with van der Waals surface area (Å²) in [6.45, 7) is 3.82. The number of nitrogens with one attached hydrogen (secondary N) is 1. The van der Waals surface area contributed by atoms with E-state index < -0.39 is 6.04 Å². The average molecular weight is 238 g/mol. The van der Waals surface area contributed by atoms with Crippen LogP contribution < -0.4 is 11.1 Å². The monoisotopic (exact) mass is 238 g/mol. The molecule has 0 saturated carbocycles. The number of nitrogens with two attached hydrogens (primary N) is 1. The van der Waals surface area contributed by atoms with Gasteiger partial charge in [0, 0.05) is 5.69 Å². The van der Waals surface area contributed by atoms with Gasteiger partial charge in [0.15, 0.2) is 0 Å². The quantitative estimate of drug-likeness (QED) is 0.828. The molecule has 0 aliphatic rings. The van der Waals surface area contributed by atoms with Gasteiger partial charge in [0.25, 0.3) is 0 Å². The lowest BCUT2D eigenvalue weighted by molar-refractivity contribution is -0.117. The zero-order valence-corrected chi connectivity index (χ0v) is 10.3. The largest absolute Gasteiger partial charge is 0.325 e. The lowest BCUT2D eigenvalue weighted by Crippen LogP contribution is -2.35. The number of hydrogen-bond donors (Lipinski definition) is 2. The van der Waals surface area contributed by atoms with Crippen molar-refractivity contribution in [3.05, 3.63) is 29.6 Å². The van der Waals surface area contributed by atoms with Crippen LogP contribution in [0.5, 0.6) is 0 Å². The SMILES string of the molecule is CCCC[C@H](N)C(=O)Nc1cc(C)cc(F)c1. The highest BCUT2D eigenvalue weighted by Crippen LogP contribution is 2.13. The predicted octanol–water partition coefficient (Wildman–Crippen LogP) is 2.59. The first kappa shape index (κ1) is 13.6. The first-order chi connectivity index (χ1) is 8.02. The molecular formula is C13H19FN2O. The molecule has 1 aromatic rings. The van der Waals surface area contributed by atoms with Crippen LogP contribution in [0.25, 0.3) is 0 Å². The highest BCUT2D eigenvalue weighted by atomic mass is 19.1. The van der Waals surface area contributed by atoms with Gasteiger partial charge in [0.1, 0.15) is 5.82 Å². The van der Waals surface area contributed by atoms with Crippen molar-refractivity contribution in [2.24, 2.45) is 5.73 Å². The minimum atomic E-state index is -0.529. The minimum Gasteiger partial charge on any atom is -0.325 e. The molecule has 1 atom stereocenters. The van der Waals surface area contributed by atoms with Gasteiger partial charge in [-0.05, 0) is 37.1 Å². The topological polar surface area (TPSA) is 55.1 Å². The molecular weight excluding hydrogens is 219 g/mol. The highest BCUT2D eigenvalue weighted by molar-refractivity contribution is 5.94. The minimum absolute atomic E-state index is 0.261. The molecule has 1 amide bonds. The first-order valence-electron chi connectivity index (χ1n) is 5.86. The van der Waals surface area contributed by atoms with Gasteiger partial charge in [-0.1, -0.05) is 19.8 Å². The van der Waals surface area contributed by atoms with Crippen LogP contribution in [0.4, 0.5) is 10.1 Å². The van der Waals surface area contributed by atoms with Crippen LogP contribution in [-0.2, 0) is 4.79 Å². The Bertz CT molecular complexity index is 373. The van der Waals surface area contributed by atoms with Crippen LogP contribution in [0.2, 0.25) is 0 Å². The fourth-order valence-corrected chi connectivity index (χ4v) is 1.60. The molecule has 0 unspecified atom stereocenters. The second kappa shape index (κ2) is 6.35. The van der Waals surface area contributed by atoms with E-state index in [1.54, 1.807) is 13.0 Å². The predicted molar refractivity (Wildman–Crippen MR) is 67.3 cm³/mol. The van der Waals surface area contributed by atoms with Crippen molar-refractivity contribution in [3.63, 3.8) is 0 Å². The fourth-order valence-electron chi connectivity index (χ4n) is 1.60. The van der Waals surface area contributed by atoms with E-state index in [0.717, 1.165) is 18.4 Å². The van der Waals surface area contributed by atoms with Gasteiger partial charge in [-0.3, -0.25) is 4.79 Å². The van der Waals surface area contributed by atoms with Crippen LogP contribution in [0.1, 0.15) is 31.7 Å². The van der Waals surface area contributed by atoms with E-state index in [0.29, 0.717) is 12.1 Å². The molecule has 0 heterocycles. The zero-order valence-electron chi connectivity index (χ0n) is 10.3. The number of halogens is 1. The zero-order chi connectivity index (χ0) is 12.8. The van der Waals surface area contributed by atoms with Gasteiger partial charge in [0.2, 0.25) is 5.91 Å². The summed E-state index contributed by atoms with van der Waals surface area (Å²) in [5, 5.41) is 2.63. The normalized spacial score (nSPS) is 12.2. The molecule has 3 nitrogen and oxygen atoms in total. The van der Waals surface area contributed by atoms with Crippen molar-refractivity contribution < 1.29 is 9.18 Å².